The highest BCUT2D eigenvalue weighted by Crippen LogP contribution is 2.12. The van der Waals surface area contributed by atoms with Crippen LogP contribution in [0.4, 0.5) is 0 Å². The lowest BCUT2D eigenvalue weighted by atomic mass is 10.2. The summed E-state index contributed by atoms with van der Waals surface area (Å²) in [5.74, 6) is 0. The summed E-state index contributed by atoms with van der Waals surface area (Å²) in [7, 11) is 0. The molecule has 0 saturated carbocycles. The summed E-state index contributed by atoms with van der Waals surface area (Å²) in [5, 5.41) is 8.94. The zero-order valence-electron chi connectivity index (χ0n) is 6.95. The van der Waals surface area contributed by atoms with E-state index in [0.717, 1.165) is 32.5 Å². The monoisotopic (exact) mass is 160 g/mol. The van der Waals surface area contributed by atoms with Crippen molar-refractivity contribution in [3.8, 4) is 0 Å². The number of aliphatic hydroxyl groups is 1. The van der Waals surface area contributed by atoms with Crippen LogP contribution in [0.5, 0.6) is 0 Å². The Morgan fingerprint density at radius 1 is 1.45 bits per heavy atom. The fraction of sp³-hybridized carbons (Fsp3) is 1.00. The third kappa shape index (κ3) is 3.70. The Kier molecular flexibility index (Phi) is 3.83. The van der Waals surface area contributed by atoms with Gasteiger partial charge >= 0.3 is 0 Å². The lowest BCUT2D eigenvalue weighted by Gasteiger charge is -2.08. The van der Waals surface area contributed by atoms with E-state index in [4.69, 9.17) is 14.6 Å². The van der Waals surface area contributed by atoms with Crippen LogP contribution in [0.3, 0.4) is 0 Å². The van der Waals surface area contributed by atoms with E-state index in [9.17, 15) is 0 Å². The van der Waals surface area contributed by atoms with E-state index >= 15 is 0 Å². The van der Waals surface area contributed by atoms with Gasteiger partial charge in [-0.1, -0.05) is 0 Å². The Bertz CT molecular complexity index is 97.5. The number of hydrogen-bond donors (Lipinski definition) is 1. The maximum absolute atomic E-state index is 8.94. The summed E-state index contributed by atoms with van der Waals surface area (Å²) in [5.41, 5.74) is 0. The van der Waals surface area contributed by atoms with Crippen LogP contribution in [0.25, 0.3) is 0 Å². The molecule has 0 aliphatic carbocycles. The molecule has 1 fully saturated rings. The molecule has 0 aromatic carbocycles. The molecule has 11 heavy (non-hydrogen) atoms. The minimum atomic E-state index is -0.198. The van der Waals surface area contributed by atoms with Crippen LogP contribution in [0, 0.1) is 0 Å². The molecule has 1 N–H and O–H groups in total. The number of hydrogen-bond acceptors (Lipinski definition) is 3. The normalized spacial score (nSPS) is 22.4. The molecule has 0 spiro atoms. The molecule has 0 radical (unpaired) electrons. The topological polar surface area (TPSA) is 38.7 Å². The van der Waals surface area contributed by atoms with Gasteiger partial charge in [0.1, 0.15) is 0 Å². The molecule has 3 heteroatoms. The summed E-state index contributed by atoms with van der Waals surface area (Å²) in [6.07, 6.45) is 2.52. The van der Waals surface area contributed by atoms with E-state index in [2.05, 4.69) is 0 Å². The molecule has 1 aliphatic rings. The van der Waals surface area contributed by atoms with Crippen molar-refractivity contribution in [3.05, 3.63) is 0 Å². The highest BCUT2D eigenvalue weighted by Gasteiger charge is 2.14. The summed E-state index contributed by atoms with van der Waals surface area (Å²) < 4.78 is 10.5. The van der Waals surface area contributed by atoms with Crippen molar-refractivity contribution >= 4 is 0 Å². The Labute approximate surface area is 67.3 Å². The molecule has 0 bridgehead atoms. The van der Waals surface area contributed by atoms with Gasteiger partial charge in [0.2, 0.25) is 0 Å². The molecule has 0 unspecified atom stereocenters. The molecule has 0 amide bonds. The van der Waals surface area contributed by atoms with Crippen molar-refractivity contribution in [2.45, 2.75) is 38.6 Å². The molecular weight excluding hydrogens is 144 g/mol. The molecule has 0 aromatic rings. The van der Waals surface area contributed by atoms with Gasteiger partial charge in [0.05, 0.1) is 19.3 Å². The van der Waals surface area contributed by atoms with Crippen LogP contribution >= 0.6 is 0 Å². The second kappa shape index (κ2) is 4.70. The van der Waals surface area contributed by atoms with E-state index in [-0.39, 0.29) is 12.4 Å². The summed E-state index contributed by atoms with van der Waals surface area (Å²) in [4.78, 5) is 0. The van der Waals surface area contributed by atoms with E-state index in [1.54, 1.807) is 6.92 Å². The molecular formula is C8H16O3. The number of ether oxygens (including phenoxy) is 2. The Morgan fingerprint density at radius 3 is 2.64 bits per heavy atom. The third-order valence-electron chi connectivity index (χ3n) is 1.75. The van der Waals surface area contributed by atoms with Crippen molar-refractivity contribution < 1.29 is 14.6 Å². The van der Waals surface area contributed by atoms with E-state index < -0.39 is 0 Å². The zero-order valence-corrected chi connectivity index (χ0v) is 6.95. The first-order chi connectivity index (χ1) is 5.29. The van der Waals surface area contributed by atoms with Crippen molar-refractivity contribution in [3.63, 3.8) is 0 Å². The average molecular weight is 160 g/mol. The van der Waals surface area contributed by atoms with Crippen molar-refractivity contribution in [2.24, 2.45) is 0 Å². The van der Waals surface area contributed by atoms with Crippen LogP contribution in [0.1, 0.15) is 26.2 Å². The van der Waals surface area contributed by atoms with Gasteiger partial charge in [0.25, 0.3) is 0 Å². The smallest absolute Gasteiger partial charge is 0.157 e. The lowest BCUT2D eigenvalue weighted by Crippen LogP contribution is -2.08. The van der Waals surface area contributed by atoms with Crippen LogP contribution in [-0.2, 0) is 9.47 Å². The minimum absolute atomic E-state index is 0.00579. The van der Waals surface area contributed by atoms with Gasteiger partial charge in [-0.15, -0.1) is 0 Å². The van der Waals surface area contributed by atoms with Gasteiger partial charge < -0.3 is 14.6 Å². The van der Waals surface area contributed by atoms with E-state index in [0.29, 0.717) is 0 Å². The SMILES string of the molecule is C[C@@H](O)CCCC1OCCO1. The van der Waals surface area contributed by atoms with Gasteiger partial charge in [-0.05, 0) is 26.2 Å². The molecule has 1 rings (SSSR count). The fourth-order valence-corrected chi connectivity index (χ4v) is 1.15. The first kappa shape index (κ1) is 8.97. The Balaban J connectivity index is 1.94. The maximum Gasteiger partial charge on any atom is 0.157 e. The summed E-state index contributed by atoms with van der Waals surface area (Å²) in [6.45, 7) is 3.25. The Morgan fingerprint density at radius 2 is 2.09 bits per heavy atom. The third-order valence-corrected chi connectivity index (χ3v) is 1.75. The summed E-state index contributed by atoms with van der Waals surface area (Å²) >= 11 is 0. The predicted molar refractivity (Wildman–Crippen MR) is 41.2 cm³/mol. The average Bonchev–Trinajstić information content (AvgIpc) is 2.39. The molecule has 1 heterocycles. The summed E-state index contributed by atoms with van der Waals surface area (Å²) in [6, 6.07) is 0. The minimum Gasteiger partial charge on any atom is -0.393 e. The van der Waals surface area contributed by atoms with Crippen molar-refractivity contribution in [1.82, 2.24) is 0 Å². The van der Waals surface area contributed by atoms with Crippen LogP contribution < -0.4 is 0 Å². The van der Waals surface area contributed by atoms with E-state index in [1.807, 2.05) is 0 Å². The predicted octanol–water partition coefficient (Wildman–Crippen LogP) is 0.910. The van der Waals surface area contributed by atoms with Gasteiger partial charge in [-0.2, -0.15) is 0 Å². The number of aliphatic hydroxyl groups excluding tert-OH is 1. The highest BCUT2D eigenvalue weighted by atomic mass is 16.7. The highest BCUT2D eigenvalue weighted by molar-refractivity contribution is 4.54. The van der Waals surface area contributed by atoms with Crippen LogP contribution in [0.2, 0.25) is 0 Å². The van der Waals surface area contributed by atoms with Crippen LogP contribution in [-0.4, -0.2) is 30.7 Å². The molecule has 1 atom stereocenters. The zero-order chi connectivity index (χ0) is 8.10. The molecule has 1 saturated heterocycles. The second-order valence-corrected chi connectivity index (χ2v) is 2.95. The van der Waals surface area contributed by atoms with Crippen molar-refractivity contribution in [1.29, 1.82) is 0 Å². The molecule has 1 aliphatic heterocycles. The largest absolute Gasteiger partial charge is 0.393 e. The quantitative estimate of drug-likeness (QED) is 0.664. The molecule has 0 aromatic heterocycles. The standard InChI is InChI=1S/C8H16O3/c1-7(9)3-2-4-8-10-5-6-11-8/h7-9H,2-6H2,1H3/t7-/m1/s1. The lowest BCUT2D eigenvalue weighted by molar-refractivity contribution is -0.0491. The Hall–Kier alpha value is -0.120. The molecule has 66 valence electrons. The second-order valence-electron chi connectivity index (χ2n) is 2.95. The fourth-order valence-electron chi connectivity index (χ4n) is 1.15. The van der Waals surface area contributed by atoms with Gasteiger partial charge in [-0.25, -0.2) is 0 Å². The van der Waals surface area contributed by atoms with Gasteiger partial charge in [0, 0.05) is 0 Å². The van der Waals surface area contributed by atoms with E-state index in [1.165, 1.54) is 0 Å². The van der Waals surface area contributed by atoms with Crippen LogP contribution in [0.15, 0.2) is 0 Å². The first-order valence-corrected chi connectivity index (χ1v) is 4.20. The van der Waals surface area contributed by atoms with Gasteiger partial charge in [-0.3, -0.25) is 0 Å². The first-order valence-electron chi connectivity index (χ1n) is 4.20. The number of rotatable bonds is 4. The van der Waals surface area contributed by atoms with Gasteiger partial charge in [0.15, 0.2) is 6.29 Å². The molecule has 3 nitrogen and oxygen atoms in total. The van der Waals surface area contributed by atoms with Crippen molar-refractivity contribution in [2.75, 3.05) is 13.2 Å². The maximum atomic E-state index is 8.94.